The van der Waals surface area contributed by atoms with Gasteiger partial charge in [0.05, 0.1) is 11.7 Å². The third-order valence-electron chi connectivity index (χ3n) is 4.97. The van der Waals surface area contributed by atoms with Gasteiger partial charge in [0.15, 0.2) is 10.8 Å². The summed E-state index contributed by atoms with van der Waals surface area (Å²) in [6, 6.07) is -0.964. The first kappa shape index (κ1) is 25.3. The Bertz CT molecular complexity index is 980. The summed E-state index contributed by atoms with van der Waals surface area (Å²) in [6.45, 7) is 1.25. The van der Waals surface area contributed by atoms with Gasteiger partial charge in [0.1, 0.15) is 17.1 Å². The summed E-state index contributed by atoms with van der Waals surface area (Å²) in [6.07, 6.45) is 1.61. The normalized spacial score (nSPS) is 23.8. The zero-order chi connectivity index (χ0) is 22.1. The second-order valence-electron chi connectivity index (χ2n) is 6.87. The van der Waals surface area contributed by atoms with Gasteiger partial charge >= 0.3 is 29.6 Å². The average Bonchev–Trinajstić information content (AvgIpc) is 3.18. The molecule has 166 valence electrons. The first-order valence-electron chi connectivity index (χ1n) is 9.28. The first-order valence-corrected chi connectivity index (χ1v) is 12.1. The van der Waals surface area contributed by atoms with E-state index >= 15 is 0 Å². The molecule has 0 radical (unpaired) electrons. The molecule has 11 nitrogen and oxygen atoms in total. The molecule has 32 heavy (non-hydrogen) atoms. The van der Waals surface area contributed by atoms with Crippen LogP contribution < -0.4 is 45.7 Å². The Kier molecular flexibility index (Phi) is 8.52. The van der Waals surface area contributed by atoms with Crippen LogP contribution in [0.3, 0.4) is 0 Å². The number of rotatable bonds is 6. The molecule has 3 aliphatic heterocycles. The molecule has 2 fully saturated rings. The van der Waals surface area contributed by atoms with Crippen LogP contribution in [0.15, 0.2) is 21.1 Å². The smallest absolute Gasteiger partial charge is 0.543 e. The van der Waals surface area contributed by atoms with Gasteiger partial charge in [-0.05, 0) is 12.8 Å². The third-order valence-corrected chi connectivity index (χ3v) is 8.53. The van der Waals surface area contributed by atoms with Crippen LogP contribution in [0.25, 0.3) is 0 Å². The Labute approximate surface area is 217 Å². The van der Waals surface area contributed by atoms with Gasteiger partial charge in [0.25, 0.3) is 11.8 Å². The number of hydrogen-bond acceptors (Lipinski definition) is 12. The Morgan fingerprint density at radius 1 is 1.41 bits per heavy atom. The van der Waals surface area contributed by atoms with E-state index in [4.69, 9.17) is 10.5 Å². The van der Waals surface area contributed by atoms with Crippen molar-refractivity contribution in [3.63, 3.8) is 0 Å². The molecule has 4 heterocycles. The number of amides is 2. The molecule has 0 spiro atoms. The minimum absolute atomic E-state index is 0. The number of aromatic nitrogens is 1. The first-order chi connectivity index (χ1) is 14.9. The van der Waals surface area contributed by atoms with Crippen molar-refractivity contribution < 1.29 is 59.0 Å². The number of thioether (sulfide) groups is 2. The predicted octanol–water partition coefficient (Wildman–Crippen LogP) is -3.82. The maximum Gasteiger partial charge on any atom is 1.00 e. The Balaban J connectivity index is 0.00000289. The predicted molar refractivity (Wildman–Crippen MR) is 113 cm³/mol. The Morgan fingerprint density at radius 2 is 2.12 bits per heavy atom. The molecule has 2 amide bonds. The second kappa shape index (κ2) is 10.8. The molecule has 0 bridgehead atoms. The van der Waals surface area contributed by atoms with Gasteiger partial charge in [-0.15, -0.1) is 34.9 Å². The maximum atomic E-state index is 12.7. The number of oxime groups is 1. The maximum absolute atomic E-state index is 12.7. The Morgan fingerprint density at radius 3 is 2.72 bits per heavy atom. The summed E-state index contributed by atoms with van der Waals surface area (Å²) in [5.74, 6) is -2.42. The average molecular weight is 508 g/mol. The van der Waals surface area contributed by atoms with Crippen molar-refractivity contribution in [2.24, 2.45) is 5.16 Å². The fourth-order valence-electron chi connectivity index (χ4n) is 3.49. The molecule has 2 saturated heterocycles. The Hall–Kier alpha value is -1.29. The largest absolute Gasteiger partial charge is 1.00 e. The second-order valence-corrected chi connectivity index (χ2v) is 10.3. The number of aliphatic carboxylic acids is 1. The van der Waals surface area contributed by atoms with Gasteiger partial charge in [-0.3, -0.25) is 14.5 Å². The molecule has 0 saturated carbocycles. The van der Waals surface area contributed by atoms with E-state index in [9.17, 15) is 24.7 Å². The summed E-state index contributed by atoms with van der Waals surface area (Å²) >= 11 is 3.87. The van der Waals surface area contributed by atoms with E-state index in [-0.39, 0.29) is 57.0 Å². The van der Waals surface area contributed by atoms with Crippen molar-refractivity contribution in [2.75, 3.05) is 24.7 Å². The van der Waals surface area contributed by atoms with E-state index in [2.05, 4.69) is 15.5 Å². The number of carbonyl (C=O) groups excluding carboxylic acids is 3. The number of nitrogen functional groups attached to an aromatic ring is 1. The van der Waals surface area contributed by atoms with Crippen LogP contribution in [-0.4, -0.2) is 74.2 Å². The number of thiazole rings is 1. The van der Waals surface area contributed by atoms with Crippen molar-refractivity contribution in [3.05, 3.63) is 21.7 Å². The van der Waals surface area contributed by atoms with E-state index in [1.165, 1.54) is 28.9 Å². The van der Waals surface area contributed by atoms with Crippen LogP contribution in [0.1, 0.15) is 18.5 Å². The molecule has 15 heteroatoms. The molecule has 1 aromatic heterocycles. The minimum atomic E-state index is -1.42. The van der Waals surface area contributed by atoms with Crippen molar-refractivity contribution in [1.29, 1.82) is 0 Å². The van der Waals surface area contributed by atoms with Gasteiger partial charge in [0.2, 0.25) is 0 Å². The van der Waals surface area contributed by atoms with Crippen LogP contribution in [0.4, 0.5) is 5.13 Å². The van der Waals surface area contributed by atoms with E-state index < -0.39 is 29.2 Å². The molecular weight excluding hydrogens is 489 g/mol. The number of nitrogens with zero attached hydrogens (tertiary/aromatic N) is 3. The zero-order valence-electron chi connectivity index (χ0n) is 17.0. The minimum Gasteiger partial charge on any atom is -0.543 e. The number of nitrogens with two attached hydrogens (primary N) is 1. The van der Waals surface area contributed by atoms with Gasteiger partial charge < -0.3 is 30.9 Å². The van der Waals surface area contributed by atoms with E-state index in [0.717, 1.165) is 29.1 Å². The number of fused-ring (bicyclic) bond motifs is 1. The molecule has 2 atom stereocenters. The summed E-state index contributed by atoms with van der Waals surface area (Å²) in [4.78, 5) is 42.8. The molecule has 1 aromatic rings. The number of anilines is 1. The molecule has 4 rings (SSSR count). The van der Waals surface area contributed by atoms with Gasteiger partial charge in [-0.1, -0.05) is 5.16 Å². The molecule has 4 N–H and O–H groups in total. The number of carbonyl (C=O) groups is 3. The van der Waals surface area contributed by atoms with Crippen LogP contribution in [0, 0.1) is 0 Å². The van der Waals surface area contributed by atoms with Crippen LogP contribution in [0.5, 0.6) is 0 Å². The third kappa shape index (κ3) is 4.95. The number of ether oxygens (including phenoxy) is 1. The fourth-order valence-corrected chi connectivity index (χ4v) is 6.83. The van der Waals surface area contributed by atoms with Crippen LogP contribution in [-0.2, 0) is 19.1 Å². The number of carboxylic acid groups (broad SMARTS) is 1. The molecule has 1 unspecified atom stereocenters. The fraction of sp³-hybridized carbons (Fsp3) is 0.471. The topological polar surface area (TPSA) is 170 Å². The summed E-state index contributed by atoms with van der Waals surface area (Å²) in [7, 11) is 0. The SMILES string of the molecule is Nc1nc(/C(=N/O)C(=O)NC2C(=O)N3C(C(=O)[O-])=C(SC4CCOCC4)CS[C@@H]23)cs1.[Na+]. The van der Waals surface area contributed by atoms with Crippen LogP contribution >= 0.6 is 34.9 Å². The summed E-state index contributed by atoms with van der Waals surface area (Å²) < 4.78 is 5.34. The number of hydrogen-bond donors (Lipinski definition) is 3. The van der Waals surface area contributed by atoms with Crippen molar-refractivity contribution in [3.8, 4) is 0 Å². The molecular formula is C17H18N5NaO6S3. The van der Waals surface area contributed by atoms with E-state index in [0.29, 0.717) is 23.9 Å². The summed E-state index contributed by atoms with van der Waals surface area (Å²) in [5.41, 5.74) is 5.10. The quantitative estimate of drug-likeness (QED) is 0.114. The standard InChI is InChI=1S/C17H19N5O6S3.Na/c18-17-19-8(5-30-17)10(21-27)13(23)20-11-14(24)22-12(16(25)26)9(6-29-15(11)22)31-7-1-3-28-4-2-7;/h5,7,11,15,27H,1-4,6H2,(H2,18,19)(H,20,23)(H,25,26);/q;+1/p-1/b21-10-;/t11?,15-;/m0./s1. The number of carboxylic acids is 1. The van der Waals surface area contributed by atoms with Crippen molar-refractivity contribution >= 4 is 63.5 Å². The zero-order valence-corrected chi connectivity index (χ0v) is 21.4. The molecule has 3 aliphatic rings. The van der Waals surface area contributed by atoms with Crippen molar-refractivity contribution in [2.45, 2.75) is 29.5 Å². The number of β-lactam (4-membered cyclic amide) rings is 1. The monoisotopic (exact) mass is 507 g/mol. The van der Waals surface area contributed by atoms with Gasteiger partial charge in [0, 0.05) is 34.5 Å². The van der Waals surface area contributed by atoms with E-state index in [1.54, 1.807) is 0 Å². The summed E-state index contributed by atoms with van der Waals surface area (Å²) in [5, 5.41) is 27.8. The van der Waals surface area contributed by atoms with Crippen molar-refractivity contribution in [1.82, 2.24) is 15.2 Å². The van der Waals surface area contributed by atoms with Gasteiger partial charge in [-0.25, -0.2) is 4.98 Å². The van der Waals surface area contributed by atoms with Crippen LogP contribution in [0.2, 0.25) is 0 Å². The van der Waals surface area contributed by atoms with Gasteiger partial charge in [-0.2, -0.15) is 0 Å². The van der Waals surface area contributed by atoms with E-state index in [1.807, 2.05) is 0 Å². The molecule has 0 aliphatic carbocycles. The number of nitrogens with one attached hydrogen (secondary N) is 1. The molecule has 0 aromatic carbocycles.